The van der Waals surface area contributed by atoms with Crippen molar-refractivity contribution in [3.8, 4) is 5.69 Å². The van der Waals surface area contributed by atoms with Crippen LogP contribution in [0.1, 0.15) is 37.5 Å². The number of nitrogens with zero attached hydrogens (tertiary/aromatic N) is 3. The summed E-state index contributed by atoms with van der Waals surface area (Å²) in [4.78, 5) is 4.30. The van der Waals surface area contributed by atoms with Crippen molar-refractivity contribution in [3.05, 3.63) is 71.6 Å². The van der Waals surface area contributed by atoms with Gasteiger partial charge in [0.25, 0.3) is 0 Å². The normalized spacial score (nSPS) is 11.9. The molecule has 0 saturated heterocycles. The van der Waals surface area contributed by atoms with Gasteiger partial charge in [0.1, 0.15) is 17.3 Å². The summed E-state index contributed by atoms with van der Waals surface area (Å²) in [7, 11) is -4.00. The van der Waals surface area contributed by atoms with E-state index in [1.807, 2.05) is 30.3 Å². The molecule has 30 heavy (non-hydrogen) atoms. The second-order valence-corrected chi connectivity index (χ2v) is 9.10. The number of nitrogens with one attached hydrogen (secondary N) is 1. The molecule has 1 aromatic heterocycles. The Labute approximate surface area is 176 Å². The zero-order valence-electron chi connectivity index (χ0n) is 17.0. The number of primary sulfonamides is 1. The number of benzene rings is 2. The van der Waals surface area contributed by atoms with Crippen LogP contribution in [0.25, 0.3) is 5.69 Å². The molecule has 9 heteroatoms. The Kier molecular flexibility index (Phi) is 6.96. The maximum absolute atomic E-state index is 14.8. The average Bonchev–Trinajstić information content (AvgIpc) is 3.07. The van der Waals surface area contributed by atoms with E-state index in [1.54, 1.807) is 0 Å². The number of hydrogen-bond donors (Lipinski definition) is 2. The van der Waals surface area contributed by atoms with Crippen LogP contribution in [0.3, 0.4) is 0 Å². The largest absolute Gasteiger partial charge is 0.310 e. The molecule has 0 fully saturated rings. The summed E-state index contributed by atoms with van der Waals surface area (Å²) in [5.41, 5.74) is 1.13. The van der Waals surface area contributed by atoms with Crippen molar-refractivity contribution >= 4 is 10.0 Å². The van der Waals surface area contributed by atoms with E-state index in [0.29, 0.717) is 30.5 Å². The van der Waals surface area contributed by atoms with E-state index in [1.165, 1.54) is 16.8 Å². The minimum absolute atomic E-state index is 0.120. The summed E-state index contributed by atoms with van der Waals surface area (Å²) in [6.07, 6.45) is 1.48. The number of nitrogens with two attached hydrogens (primary N) is 1. The summed E-state index contributed by atoms with van der Waals surface area (Å²) in [6, 6.07) is 13.2. The lowest BCUT2D eigenvalue weighted by Crippen LogP contribution is -2.17. The van der Waals surface area contributed by atoms with Crippen LogP contribution in [0, 0.1) is 11.7 Å². The van der Waals surface area contributed by atoms with E-state index in [4.69, 9.17) is 5.14 Å². The molecule has 3 rings (SSSR count). The van der Waals surface area contributed by atoms with E-state index in [-0.39, 0.29) is 10.6 Å². The van der Waals surface area contributed by atoms with Gasteiger partial charge in [-0.15, -0.1) is 5.10 Å². The summed E-state index contributed by atoms with van der Waals surface area (Å²) in [5.74, 6) is 0.951. The van der Waals surface area contributed by atoms with E-state index in [0.717, 1.165) is 24.6 Å². The Bertz CT molecular complexity index is 1100. The zero-order chi connectivity index (χ0) is 21.7. The molecule has 160 valence electrons. The summed E-state index contributed by atoms with van der Waals surface area (Å²) >= 11 is 0. The fourth-order valence-electron chi connectivity index (χ4n) is 2.98. The van der Waals surface area contributed by atoms with Crippen molar-refractivity contribution in [1.29, 1.82) is 0 Å². The van der Waals surface area contributed by atoms with Gasteiger partial charge in [-0.2, -0.15) is 0 Å². The van der Waals surface area contributed by atoms with Gasteiger partial charge in [0.05, 0.1) is 11.4 Å². The molecular weight excluding hydrogens is 405 g/mol. The third-order valence-electron chi connectivity index (χ3n) is 4.58. The van der Waals surface area contributed by atoms with E-state index >= 15 is 0 Å². The van der Waals surface area contributed by atoms with Gasteiger partial charge in [0, 0.05) is 6.42 Å². The molecule has 0 aliphatic rings. The fourth-order valence-corrected chi connectivity index (χ4v) is 3.51. The van der Waals surface area contributed by atoms with Gasteiger partial charge >= 0.3 is 0 Å². The smallest absolute Gasteiger partial charge is 0.238 e. The van der Waals surface area contributed by atoms with Crippen molar-refractivity contribution < 1.29 is 12.8 Å². The molecule has 2 aromatic carbocycles. The van der Waals surface area contributed by atoms with Crippen LogP contribution in [0.2, 0.25) is 0 Å². The molecule has 0 unspecified atom stereocenters. The topological polar surface area (TPSA) is 103 Å². The molecule has 1 heterocycles. The van der Waals surface area contributed by atoms with Crippen molar-refractivity contribution in [2.45, 2.75) is 38.1 Å². The lowest BCUT2D eigenvalue weighted by molar-refractivity contribution is 0.531. The van der Waals surface area contributed by atoms with Crippen LogP contribution in [0.4, 0.5) is 4.39 Å². The van der Waals surface area contributed by atoms with Crippen LogP contribution in [-0.2, 0) is 23.0 Å². The Morgan fingerprint density at radius 1 is 1.17 bits per heavy atom. The molecule has 0 aliphatic heterocycles. The first kappa shape index (κ1) is 22.1. The highest BCUT2D eigenvalue weighted by molar-refractivity contribution is 7.89. The fraction of sp³-hybridized carbons (Fsp3) is 0.333. The van der Waals surface area contributed by atoms with Gasteiger partial charge in [-0.05, 0) is 42.6 Å². The van der Waals surface area contributed by atoms with E-state index in [9.17, 15) is 12.8 Å². The van der Waals surface area contributed by atoms with Gasteiger partial charge in [-0.25, -0.2) is 27.6 Å². The van der Waals surface area contributed by atoms with Gasteiger partial charge in [-0.3, -0.25) is 0 Å². The van der Waals surface area contributed by atoms with Gasteiger partial charge in [-0.1, -0.05) is 44.2 Å². The molecule has 0 aliphatic carbocycles. The van der Waals surface area contributed by atoms with Crippen molar-refractivity contribution in [1.82, 2.24) is 20.1 Å². The van der Waals surface area contributed by atoms with Gasteiger partial charge in [0.15, 0.2) is 5.82 Å². The van der Waals surface area contributed by atoms with Crippen molar-refractivity contribution in [2.24, 2.45) is 11.1 Å². The maximum atomic E-state index is 14.8. The molecule has 0 spiro atoms. The standard InChI is InChI=1S/C21H26FN5O2S/c1-15(2)10-11-24-14-20-25-21(12-16-6-4-3-5-7-16)27(26-20)19-9-8-17(13-18(19)22)30(23,28)29/h3-9,13,15,24H,10-12,14H2,1-2H3,(H2,23,28,29). The zero-order valence-corrected chi connectivity index (χ0v) is 17.9. The molecule has 3 aromatic rings. The van der Waals surface area contributed by atoms with Crippen LogP contribution < -0.4 is 10.5 Å². The highest BCUT2D eigenvalue weighted by atomic mass is 32.2. The number of rotatable bonds is 9. The number of halogens is 1. The first-order chi connectivity index (χ1) is 14.2. The summed E-state index contributed by atoms with van der Waals surface area (Å²) in [5, 5.41) is 12.9. The minimum atomic E-state index is -4.00. The molecule has 0 atom stereocenters. The molecule has 0 bridgehead atoms. The molecule has 0 amide bonds. The Balaban J connectivity index is 1.93. The van der Waals surface area contributed by atoms with Gasteiger partial charge in [0.2, 0.25) is 10.0 Å². The van der Waals surface area contributed by atoms with Crippen LogP contribution in [0.5, 0.6) is 0 Å². The van der Waals surface area contributed by atoms with E-state index < -0.39 is 15.8 Å². The molecule has 0 saturated carbocycles. The first-order valence-electron chi connectivity index (χ1n) is 9.76. The third-order valence-corrected chi connectivity index (χ3v) is 5.49. The number of aromatic nitrogens is 3. The third kappa shape index (κ3) is 5.71. The average molecular weight is 432 g/mol. The lowest BCUT2D eigenvalue weighted by atomic mass is 10.1. The Morgan fingerprint density at radius 2 is 1.90 bits per heavy atom. The molecular formula is C21H26FN5O2S. The van der Waals surface area contributed by atoms with Crippen LogP contribution in [0.15, 0.2) is 53.4 Å². The molecule has 7 nitrogen and oxygen atoms in total. The van der Waals surface area contributed by atoms with E-state index in [2.05, 4.69) is 29.2 Å². The second kappa shape index (κ2) is 9.46. The lowest BCUT2D eigenvalue weighted by Gasteiger charge is -2.08. The predicted molar refractivity (Wildman–Crippen MR) is 113 cm³/mol. The monoisotopic (exact) mass is 431 g/mol. The quantitative estimate of drug-likeness (QED) is 0.507. The molecule has 3 N–H and O–H groups in total. The highest BCUT2D eigenvalue weighted by Crippen LogP contribution is 2.20. The van der Waals surface area contributed by atoms with Crippen molar-refractivity contribution in [2.75, 3.05) is 6.54 Å². The Morgan fingerprint density at radius 3 is 2.53 bits per heavy atom. The predicted octanol–water partition coefficient (Wildman–Crippen LogP) is 2.78. The Hall–Kier alpha value is -2.62. The van der Waals surface area contributed by atoms with Crippen molar-refractivity contribution in [3.63, 3.8) is 0 Å². The first-order valence-corrected chi connectivity index (χ1v) is 11.3. The molecule has 0 radical (unpaired) electrons. The van der Waals surface area contributed by atoms with Crippen LogP contribution >= 0.6 is 0 Å². The van der Waals surface area contributed by atoms with Gasteiger partial charge < -0.3 is 5.32 Å². The number of hydrogen-bond acceptors (Lipinski definition) is 5. The second-order valence-electron chi connectivity index (χ2n) is 7.54. The SMILES string of the molecule is CC(C)CCNCc1nc(Cc2ccccc2)n(-c2ccc(S(N)(=O)=O)cc2F)n1. The highest BCUT2D eigenvalue weighted by Gasteiger charge is 2.18. The summed E-state index contributed by atoms with van der Waals surface area (Å²) in [6.45, 7) is 5.59. The number of sulfonamides is 1. The summed E-state index contributed by atoms with van der Waals surface area (Å²) < 4.78 is 39.2. The maximum Gasteiger partial charge on any atom is 0.238 e. The minimum Gasteiger partial charge on any atom is -0.310 e. The van der Waals surface area contributed by atoms with Crippen LogP contribution in [-0.4, -0.2) is 29.7 Å².